The average molecular weight is 419 g/mol. The number of anilines is 1. The molecule has 2 N–H and O–H groups in total. The van der Waals surface area contributed by atoms with Gasteiger partial charge in [0.25, 0.3) is 5.91 Å². The van der Waals surface area contributed by atoms with Crippen LogP contribution in [0.4, 0.5) is 18.9 Å². The zero-order chi connectivity index (χ0) is 21.9. The highest BCUT2D eigenvalue weighted by Gasteiger charge is 2.35. The predicted octanol–water partition coefficient (Wildman–Crippen LogP) is 4.26. The van der Waals surface area contributed by atoms with Crippen LogP contribution in [0.1, 0.15) is 59.8 Å². The first-order chi connectivity index (χ1) is 14.2. The van der Waals surface area contributed by atoms with Crippen molar-refractivity contribution in [2.45, 2.75) is 64.3 Å². The van der Waals surface area contributed by atoms with Crippen LogP contribution in [0.2, 0.25) is 0 Å². The Morgan fingerprint density at radius 1 is 1.27 bits per heavy atom. The Labute approximate surface area is 173 Å². The molecule has 0 spiro atoms. The second kappa shape index (κ2) is 8.78. The number of nitrogens with one attached hydrogen (secondary N) is 2. The Morgan fingerprint density at radius 2 is 1.93 bits per heavy atom. The summed E-state index contributed by atoms with van der Waals surface area (Å²) in [6.45, 7) is 4.03. The lowest BCUT2D eigenvalue weighted by Crippen LogP contribution is -2.40. The Morgan fingerprint density at radius 3 is 2.53 bits per heavy atom. The van der Waals surface area contributed by atoms with Crippen LogP contribution in [0.5, 0.6) is 0 Å². The number of alkyl halides is 3. The summed E-state index contributed by atoms with van der Waals surface area (Å²) in [5.41, 5.74) is -0.0845. The molecule has 1 amide bonds. The standard InChI is InChI=1S/C21H24F3N5O/c1-3-29-19(8-9-26-29)20(30)28-15-6-4-14(5-7-15)27-16-10-13(2)17(12-25)18(11-16)21(22,23)24/h8-11,14-15,27H,3-7H2,1-2H3,(H,28,30)/t14-,15+. The van der Waals surface area contributed by atoms with Gasteiger partial charge in [0, 0.05) is 30.5 Å². The summed E-state index contributed by atoms with van der Waals surface area (Å²) >= 11 is 0. The quantitative estimate of drug-likeness (QED) is 0.759. The fraction of sp³-hybridized carbons (Fsp3) is 0.476. The molecular formula is C21H24F3N5O. The van der Waals surface area contributed by atoms with Gasteiger partial charge in [-0.05, 0) is 63.3 Å². The maximum atomic E-state index is 13.3. The van der Waals surface area contributed by atoms with Gasteiger partial charge >= 0.3 is 6.18 Å². The lowest BCUT2D eigenvalue weighted by molar-refractivity contribution is -0.137. The van der Waals surface area contributed by atoms with Crippen molar-refractivity contribution in [2.24, 2.45) is 0 Å². The van der Waals surface area contributed by atoms with E-state index < -0.39 is 11.7 Å². The molecule has 0 bridgehead atoms. The van der Waals surface area contributed by atoms with Crippen molar-refractivity contribution >= 4 is 11.6 Å². The van der Waals surface area contributed by atoms with Crippen LogP contribution in [0.25, 0.3) is 0 Å². The number of benzene rings is 1. The molecule has 1 aromatic heterocycles. The van der Waals surface area contributed by atoms with E-state index in [-0.39, 0.29) is 23.6 Å². The molecule has 6 nitrogen and oxygen atoms in total. The number of nitriles is 1. The maximum absolute atomic E-state index is 13.3. The van der Waals surface area contributed by atoms with Crippen LogP contribution in [0, 0.1) is 18.3 Å². The summed E-state index contributed by atoms with van der Waals surface area (Å²) in [4.78, 5) is 12.4. The van der Waals surface area contributed by atoms with Gasteiger partial charge in [-0.1, -0.05) is 0 Å². The predicted molar refractivity (Wildman–Crippen MR) is 106 cm³/mol. The molecule has 0 atom stereocenters. The first-order valence-electron chi connectivity index (χ1n) is 9.94. The van der Waals surface area contributed by atoms with Gasteiger partial charge in [-0.15, -0.1) is 0 Å². The van der Waals surface area contributed by atoms with Crippen LogP contribution in [0.3, 0.4) is 0 Å². The number of nitrogens with zero attached hydrogens (tertiary/aromatic N) is 3. The normalized spacial score (nSPS) is 19.2. The van der Waals surface area contributed by atoms with E-state index in [1.54, 1.807) is 29.1 Å². The van der Waals surface area contributed by atoms with Crippen LogP contribution >= 0.6 is 0 Å². The van der Waals surface area contributed by atoms with E-state index in [1.807, 2.05) is 6.92 Å². The van der Waals surface area contributed by atoms with Crippen LogP contribution in [0.15, 0.2) is 24.4 Å². The largest absolute Gasteiger partial charge is 0.417 e. The molecule has 30 heavy (non-hydrogen) atoms. The van der Waals surface area contributed by atoms with Gasteiger partial charge in [-0.3, -0.25) is 9.48 Å². The number of hydrogen-bond donors (Lipinski definition) is 2. The smallest absolute Gasteiger partial charge is 0.382 e. The van der Waals surface area contributed by atoms with Gasteiger partial charge in [0.05, 0.1) is 11.1 Å². The molecule has 0 aliphatic heterocycles. The number of amides is 1. The van der Waals surface area contributed by atoms with Crippen molar-refractivity contribution in [3.8, 4) is 6.07 Å². The highest BCUT2D eigenvalue weighted by atomic mass is 19.4. The summed E-state index contributed by atoms with van der Waals surface area (Å²) in [6, 6.07) is 5.94. The van der Waals surface area contributed by atoms with Gasteiger partial charge in [0.2, 0.25) is 0 Å². The second-order valence-corrected chi connectivity index (χ2v) is 7.52. The molecule has 1 aliphatic rings. The lowest BCUT2D eigenvalue weighted by Gasteiger charge is -2.30. The zero-order valence-corrected chi connectivity index (χ0v) is 16.9. The second-order valence-electron chi connectivity index (χ2n) is 7.52. The Hall–Kier alpha value is -3.02. The molecule has 0 unspecified atom stereocenters. The minimum Gasteiger partial charge on any atom is -0.382 e. The third-order valence-corrected chi connectivity index (χ3v) is 5.43. The van der Waals surface area contributed by atoms with Crippen LogP contribution < -0.4 is 10.6 Å². The van der Waals surface area contributed by atoms with E-state index >= 15 is 0 Å². The Bertz CT molecular complexity index is 953. The van der Waals surface area contributed by atoms with E-state index in [4.69, 9.17) is 5.26 Å². The van der Waals surface area contributed by atoms with E-state index in [0.717, 1.165) is 31.7 Å². The molecule has 2 aromatic rings. The van der Waals surface area contributed by atoms with Crippen LogP contribution in [-0.4, -0.2) is 27.8 Å². The Kier molecular flexibility index (Phi) is 6.34. The average Bonchev–Trinajstić information content (AvgIpc) is 3.17. The van der Waals surface area contributed by atoms with E-state index in [0.29, 0.717) is 23.5 Å². The van der Waals surface area contributed by atoms with Gasteiger partial charge in [0.1, 0.15) is 11.8 Å². The summed E-state index contributed by atoms with van der Waals surface area (Å²) in [5, 5.41) is 19.4. The third-order valence-electron chi connectivity index (χ3n) is 5.43. The molecule has 1 saturated carbocycles. The maximum Gasteiger partial charge on any atom is 0.417 e. The summed E-state index contributed by atoms with van der Waals surface area (Å²) < 4.78 is 41.5. The molecule has 1 fully saturated rings. The van der Waals surface area contributed by atoms with Crippen molar-refractivity contribution in [1.82, 2.24) is 15.1 Å². The molecule has 1 aliphatic carbocycles. The summed E-state index contributed by atoms with van der Waals surface area (Å²) in [6.07, 6.45) is -0.0959. The van der Waals surface area contributed by atoms with Crippen molar-refractivity contribution in [3.05, 3.63) is 46.8 Å². The van der Waals surface area contributed by atoms with Gasteiger partial charge in [0.15, 0.2) is 0 Å². The fourth-order valence-corrected chi connectivity index (χ4v) is 3.90. The number of halogens is 3. The number of carbonyl (C=O) groups is 1. The highest BCUT2D eigenvalue weighted by molar-refractivity contribution is 5.92. The van der Waals surface area contributed by atoms with Crippen molar-refractivity contribution in [1.29, 1.82) is 5.26 Å². The molecule has 1 aromatic carbocycles. The molecule has 9 heteroatoms. The van der Waals surface area contributed by atoms with Gasteiger partial charge in [-0.25, -0.2) is 0 Å². The fourth-order valence-electron chi connectivity index (χ4n) is 3.90. The van der Waals surface area contributed by atoms with Crippen molar-refractivity contribution in [2.75, 3.05) is 5.32 Å². The minimum absolute atomic E-state index is 0.00717. The van der Waals surface area contributed by atoms with Crippen LogP contribution in [-0.2, 0) is 12.7 Å². The van der Waals surface area contributed by atoms with Crippen molar-refractivity contribution in [3.63, 3.8) is 0 Å². The number of aromatic nitrogens is 2. The molecule has 160 valence electrons. The monoisotopic (exact) mass is 419 g/mol. The molecule has 0 saturated heterocycles. The topological polar surface area (TPSA) is 82.7 Å². The van der Waals surface area contributed by atoms with Crippen molar-refractivity contribution < 1.29 is 18.0 Å². The highest BCUT2D eigenvalue weighted by Crippen LogP contribution is 2.36. The first-order valence-corrected chi connectivity index (χ1v) is 9.94. The summed E-state index contributed by atoms with van der Waals surface area (Å²) in [7, 11) is 0. The molecular weight excluding hydrogens is 395 g/mol. The van der Waals surface area contributed by atoms with E-state index in [2.05, 4.69) is 15.7 Å². The third kappa shape index (κ3) is 4.75. The molecule has 1 heterocycles. The SMILES string of the molecule is CCn1nccc1C(=O)N[C@H]1CC[C@@H](Nc2cc(C)c(C#N)c(C(F)(F)F)c2)CC1. The Balaban J connectivity index is 1.60. The number of hydrogen-bond acceptors (Lipinski definition) is 4. The number of aryl methyl sites for hydroxylation is 2. The van der Waals surface area contributed by atoms with Gasteiger partial charge in [-0.2, -0.15) is 23.5 Å². The minimum atomic E-state index is -4.58. The number of carbonyl (C=O) groups excluding carboxylic acids is 1. The van der Waals surface area contributed by atoms with E-state index in [1.165, 1.54) is 6.92 Å². The summed E-state index contributed by atoms with van der Waals surface area (Å²) in [5.74, 6) is -0.164. The van der Waals surface area contributed by atoms with Gasteiger partial charge < -0.3 is 10.6 Å². The lowest BCUT2D eigenvalue weighted by atomic mass is 9.90. The zero-order valence-electron chi connectivity index (χ0n) is 16.9. The van der Waals surface area contributed by atoms with E-state index in [9.17, 15) is 18.0 Å². The molecule has 3 rings (SSSR count). The number of rotatable bonds is 5. The first kappa shape index (κ1) is 21.7. The molecule has 0 radical (unpaired) electrons.